The first-order chi connectivity index (χ1) is 21.5. The number of rotatable bonds is 26. The van der Waals surface area contributed by atoms with Crippen molar-refractivity contribution < 1.29 is 19.8 Å². The van der Waals surface area contributed by atoms with Crippen LogP contribution in [0.2, 0.25) is 0 Å². The minimum atomic E-state index is -1.18. The summed E-state index contributed by atoms with van der Waals surface area (Å²) < 4.78 is 0. The number of carboxylic acids is 2. The van der Waals surface area contributed by atoms with E-state index in [1.54, 1.807) is 24.3 Å². The van der Waals surface area contributed by atoms with E-state index in [1.165, 1.54) is 102 Å². The van der Waals surface area contributed by atoms with E-state index in [0.29, 0.717) is 0 Å². The average Bonchev–Trinajstić information content (AvgIpc) is 3.00. The van der Waals surface area contributed by atoms with Crippen molar-refractivity contribution in [2.75, 3.05) is 0 Å². The molecule has 0 aliphatic heterocycles. The third-order valence-electron chi connectivity index (χ3n) is 6.24. The van der Waals surface area contributed by atoms with E-state index in [4.69, 9.17) is 0 Å². The molecule has 0 amide bonds. The van der Waals surface area contributed by atoms with Crippen LogP contribution >= 0.6 is 0 Å². The van der Waals surface area contributed by atoms with Gasteiger partial charge >= 0.3 is 37.7 Å². The van der Waals surface area contributed by atoms with Crippen molar-refractivity contribution in [1.29, 1.82) is 0 Å². The number of hydrogen-bond donors (Lipinski definition) is 0. The molecule has 244 valence electrons. The Morgan fingerprint density at radius 3 is 0.911 bits per heavy atom. The molecular formula is C40H58CaO4. The predicted octanol–water partition coefficient (Wildman–Crippen LogP) is 8.94. The molecule has 0 aromatic heterocycles. The molecule has 0 radical (unpaired) electrons. The number of hydrogen-bond acceptors (Lipinski definition) is 4. The molecule has 0 aromatic carbocycles. The molecule has 0 rings (SSSR count). The molecule has 0 N–H and O–H groups in total. The zero-order chi connectivity index (χ0) is 32.6. The number of carbonyl (C=O) groups excluding carboxylic acids is 2. The van der Waals surface area contributed by atoms with Crippen LogP contribution in [0.3, 0.4) is 0 Å². The van der Waals surface area contributed by atoms with Gasteiger partial charge in [0.05, 0.1) is 11.9 Å². The van der Waals surface area contributed by atoms with Gasteiger partial charge in [0.2, 0.25) is 0 Å². The first-order valence-electron chi connectivity index (χ1n) is 16.6. The smallest absolute Gasteiger partial charge is 0.545 e. The molecule has 0 atom stereocenters. The molecule has 0 unspecified atom stereocenters. The summed E-state index contributed by atoms with van der Waals surface area (Å²) >= 11 is 0. The van der Waals surface area contributed by atoms with Gasteiger partial charge in [-0.15, -0.1) is 0 Å². The Morgan fingerprint density at radius 1 is 0.378 bits per heavy atom. The van der Waals surface area contributed by atoms with Crippen molar-refractivity contribution in [1.82, 2.24) is 0 Å². The fraction of sp³-hybridized carbons (Fsp3) is 0.450. The molecule has 0 fully saturated rings. The normalized spacial score (nSPS) is 12.5. The van der Waals surface area contributed by atoms with Crippen molar-refractivity contribution in [2.24, 2.45) is 0 Å². The van der Waals surface area contributed by atoms with Gasteiger partial charge in [0, 0.05) is 0 Å². The molecule has 0 aliphatic rings. The molecule has 0 saturated carbocycles. The fourth-order valence-electron chi connectivity index (χ4n) is 3.83. The predicted molar refractivity (Wildman–Crippen MR) is 192 cm³/mol. The Balaban J connectivity index is -0.000000767. The largest absolute Gasteiger partial charge is 2.00 e. The van der Waals surface area contributed by atoms with Crippen LogP contribution in [0, 0.1) is 0 Å². The molecular weight excluding hydrogens is 585 g/mol. The van der Waals surface area contributed by atoms with E-state index < -0.39 is 11.9 Å². The number of carbonyl (C=O) groups is 2. The van der Waals surface area contributed by atoms with Crippen LogP contribution in [0.1, 0.15) is 117 Å². The quantitative estimate of drug-likeness (QED) is 0.0408. The van der Waals surface area contributed by atoms with Crippen molar-refractivity contribution in [3.8, 4) is 0 Å². The zero-order valence-corrected chi connectivity index (χ0v) is 30.4. The Kier molecular flexibility index (Phi) is 45.7. The van der Waals surface area contributed by atoms with Crippen molar-refractivity contribution >= 4 is 49.7 Å². The Hall–Kier alpha value is -2.40. The van der Waals surface area contributed by atoms with Gasteiger partial charge in [-0.1, -0.05) is 200 Å². The number of unbranched alkanes of at least 4 members (excludes halogenated alkanes) is 14. The molecule has 5 heteroatoms. The van der Waals surface area contributed by atoms with Gasteiger partial charge in [-0.05, 0) is 37.8 Å². The van der Waals surface area contributed by atoms with Crippen LogP contribution in [0.15, 0.2) is 122 Å². The number of allylic oxidation sites excluding steroid dienone is 18. The zero-order valence-electron chi connectivity index (χ0n) is 28.2. The first-order valence-corrected chi connectivity index (χ1v) is 16.6. The van der Waals surface area contributed by atoms with E-state index >= 15 is 0 Å². The maximum Gasteiger partial charge on any atom is 2.00 e. The Morgan fingerprint density at radius 2 is 0.622 bits per heavy atom. The van der Waals surface area contributed by atoms with Gasteiger partial charge in [-0.2, -0.15) is 0 Å². The summed E-state index contributed by atoms with van der Waals surface area (Å²) in [6.07, 6.45) is 56.8. The standard InChI is InChI=1S/2C20H30O2.Ca/c2*1-2-3-4-5-6-7-8-9-10-11-12-13-14-15-16-17-18-19-20(21)22;/h2*10-19H,2-9H2,1H3,(H,21,22);/q;;+2/p-2/b2*11-10+,13-12+,15-14+,17-16+,19-18+;. The van der Waals surface area contributed by atoms with Crippen LogP contribution in [-0.2, 0) is 9.59 Å². The molecule has 0 aliphatic carbocycles. The Labute approximate surface area is 305 Å². The molecule has 0 saturated heterocycles. The van der Waals surface area contributed by atoms with E-state index in [9.17, 15) is 19.8 Å². The third kappa shape index (κ3) is 51.5. The van der Waals surface area contributed by atoms with Gasteiger partial charge in [-0.3, -0.25) is 0 Å². The van der Waals surface area contributed by atoms with E-state index in [2.05, 4.69) is 38.2 Å². The summed E-state index contributed by atoms with van der Waals surface area (Å²) in [4.78, 5) is 20.2. The molecule has 0 bridgehead atoms. The Bertz CT molecular complexity index is 881. The average molecular weight is 643 g/mol. The monoisotopic (exact) mass is 642 g/mol. The SMILES string of the molecule is CCCCCCCCC/C=C/C=C/C=C/C=C/C=C/C(=O)[O-].CCCCCCCCC/C=C/C=C/C=C/C=C/C=C/C(=O)[O-].[Ca+2]. The molecule has 4 nitrogen and oxygen atoms in total. The van der Waals surface area contributed by atoms with Crippen LogP contribution in [0.25, 0.3) is 0 Å². The molecule has 0 aromatic rings. The third-order valence-corrected chi connectivity index (χ3v) is 6.24. The van der Waals surface area contributed by atoms with E-state index in [-0.39, 0.29) is 37.7 Å². The van der Waals surface area contributed by atoms with E-state index in [0.717, 1.165) is 25.0 Å². The van der Waals surface area contributed by atoms with Crippen LogP contribution < -0.4 is 10.2 Å². The van der Waals surface area contributed by atoms with Crippen LogP contribution in [0.5, 0.6) is 0 Å². The molecule has 0 spiro atoms. The number of aliphatic carboxylic acids is 2. The van der Waals surface area contributed by atoms with Gasteiger partial charge in [0.1, 0.15) is 0 Å². The summed E-state index contributed by atoms with van der Waals surface area (Å²) in [5.74, 6) is -2.36. The van der Waals surface area contributed by atoms with Gasteiger partial charge in [0.15, 0.2) is 0 Å². The topological polar surface area (TPSA) is 80.3 Å². The van der Waals surface area contributed by atoms with Crippen LogP contribution in [0.4, 0.5) is 0 Å². The summed E-state index contributed by atoms with van der Waals surface area (Å²) in [5, 5.41) is 20.2. The summed E-state index contributed by atoms with van der Waals surface area (Å²) in [5.41, 5.74) is 0. The second kappa shape index (κ2) is 43.7. The number of carboxylic acid groups (broad SMARTS) is 2. The van der Waals surface area contributed by atoms with Crippen molar-refractivity contribution in [3.63, 3.8) is 0 Å². The second-order valence-corrected chi connectivity index (χ2v) is 10.3. The maximum absolute atomic E-state index is 10.1. The van der Waals surface area contributed by atoms with Crippen LogP contribution in [-0.4, -0.2) is 49.7 Å². The molecule has 45 heavy (non-hydrogen) atoms. The minimum Gasteiger partial charge on any atom is -0.545 e. The van der Waals surface area contributed by atoms with Gasteiger partial charge in [0.25, 0.3) is 0 Å². The first kappa shape index (κ1) is 47.0. The summed E-state index contributed by atoms with van der Waals surface area (Å²) in [6, 6.07) is 0. The second-order valence-electron chi connectivity index (χ2n) is 10.3. The van der Waals surface area contributed by atoms with E-state index in [1.807, 2.05) is 48.6 Å². The maximum atomic E-state index is 10.1. The summed E-state index contributed by atoms with van der Waals surface area (Å²) in [7, 11) is 0. The van der Waals surface area contributed by atoms with Gasteiger partial charge in [-0.25, -0.2) is 0 Å². The van der Waals surface area contributed by atoms with Crippen molar-refractivity contribution in [2.45, 2.75) is 117 Å². The summed E-state index contributed by atoms with van der Waals surface area (Å²) in [6.45, 7) is 4.50. The fourth-order valence-corrected chi connectivity index (χ4v) is 3.83. The molecule has 0 heterocycles. The van der Waals surface area contributed by atoms with Gasteiger partial charge < -0.3 is 19.8 Å². The van der Waals surface area contributed by atoms with Crippen molar-refractivity contribution in [3.05, 3.63) is 122 Å². The minimum absolute atomic E-state index is 0.